The topological polar surface area (TPSA) is 106 Å². The Morgan fingerprint density at radius 3 is 2.42 bits per heavy atom. The zero-order valence-electron chi connectivity index (χ0n) is 10.5. The van der Waals surface area contributed by atoms with Gasteiger partial charge in [0.25, 0.3) is 0 Å². The Morgan fingerprint density at radius 1 is 1.32 bits per heavy atom. The van der Waals surface area contributed by atoms with Gasteiger partial charge < -0.3 is 10.6 Å². The fourth-order valence-electron chi connectivity index (χ4n) is 2.12. The molecule has 1 aromatic carbocycles. The van der Waals surface area contributed by atoms with Gasteiger partial charge in [-0.25, -0.2) is 8.42 Å². The maximum Gasteiger partial charge on any atom is 0.322 e. The summed E-state index contributed by atoms with van der Waals surface area (Å²) < 4.78 is 25.7. The average molecular weight is 287 g/mol. The summed E-state index contributed by atoms with van der Waals surface area (Å²) in [5, 5.41) is 9.03. The number of carbonyl (C=O) groups is 1. The molecule has 1 heterocycles. The van der Waals surface area contributed by atoms with Crippen LogP contribution in [-0.4, -0.2) is 41.9 Å². The van der Waals surface area contributed by atoms with E-state index in [9.17, 15) is 13.2 Å². The molecule has 19 heavy (non-hydrogen) atoms. The van der Waals surface area contributed by atoms with Crippen molar-refractivity contribution in [2.24, 2.45) is 0 Å². The lowest BCUT2D eigenvalue weighted by Gasteiger charge is -2.20. The summed E-state index contributed by atoms with van der Waals surface area (Å²) in [6, 6.07) is 5.51. The molecule has 2 rings (SSSR count). The second-order valence-corrected chi connectivity index (χ2v) is 6.32. The number of carboxylic acids is 1. The number of benzene rings is 1. The van der Waals surface area contributed by atoms with Gasteiger partial charge in [-0.3, -0.25) is 4.79 Å². The van der Waals surface area contributed by atoms with Gasteiger partial charge in [0.1, 0.15) is 6.04 Å². The molecule has 0 unspecified atom stereocenters. The maximum absolute atomic E-state index is 12.3. The van der Waals surface area contributed by atoms with E-state index in [4.69, 9.17) is 5.11 Å². The van der Waals surface area contributed by atoms with Gasteiger partial charge in [-0.15, -0.1) is 0 Å². The average Bonchev–Trinajstić information content (AvgIpc) is 2.79. The number of carboxylic acid groups (broad SMARTS) is 1. The highest BCUT2D eigenvalue weighted by atomic mass is 32.2. The first-order valence-corrected chi connectivity index (χ1v) is 7.18. The second kappa shape index (κ2) is 5.68. The van der Waals surface area contributed by atoms with Crippen molar-refractivity contribution in [2.45, 2.75) is 30.7 Å². The Bertz CT molecular complexity index is 552. The fourth-order valence-corrected chi connectivity index (χ4v) is 3.77. The highest BCUT2D eigenvalue weighted by Crippen LogP contribution is 2.26. The summed E-state index contributed by atoms with van der Waals surface area (Å²) in [7, 11) is -3.70. The van der Waals surface area contributed by atoms with Crippen LogP contribution in [0.3, 0.4) is 0 Å². The van der Waals surface area contributed by atoms with E-state index in [0.29, 0.717) is 12.8 Å². The van der Waals surface area contributed by atoms with E-state index in [0.717, 1.165) is 9.87 Å². The fraction of sp³-hybridized carbons (Fsp3) is 0.417. The van der Waals surface area contributed by atoms with E-state index in [1.807, 2.05) is 6.92 Å². The zero-order chi connectivity index (χ0) is 13.3. The molecule has 0 bridgehead atoms. The predicted molar refractivity (Wildman–Crippen MR) is 69.3 cm³/mol. The van der Waals surface area contributed by atoms with E-state index >= 15 is 0 Å². The smallest absolute Gasteiger partial charge is 0.322 e. The molecular weight excluding hydrogens is 270 g/mol. The molecule has 0 amide bonds. The number of rotatable bonds is 3. The predicted octanol–water partition coefficient (Wildman–Crippen LogP) is 0.408. The van der Waals surface area contributed by atoms with Crippen LogP contribution in [0, 0.1) is 6.92 Å². The van der Waals surface area contributed by atoms with Crippen LogP contribution in [-0.2, 0) is 14.8 Å². The third-order valence-corrected chi connectivity index (χ3v) is 5.04. The van der Waals surface area contributed by atoms with E-state index in [2.05, 4.69) is 0 Å². The monoisotopic (exact) mass is 287 g/mol. The molecule has 0 radical (unpaired) electrons. The summed E-state index contributed by atoms with van der Waals surface area (Å²) in [6.45, 7) is 2.14. The van der Waals surface area contributed by atoms with Gasteiger partial charge in [0.2, 0.25) is 10.0 Å². The van der Waals surface area contributed by atoms with Crippen molar-refractivity contribution in [1.29, 1.82) is 0 Å². The molecule has 1 aliphatic rings. The molecule has 1 atom stereocenters. The van der Waals surface area contributed by atoms with Gasteiger partial charge in [0.15, 0.2) is 0 Å². The number of nitrogens with zero attached hydrogens (tertiary/aromatic N) is 1. The molecular formula is C12H17NO5S. The van der Waals surface area contributed by atoms with Crippen molar-refractivity contribution in [3.05, 3.63) is 29.8 Å². The first kappa shape index (κ1) is 15.6. The first-order valence-electron chi connectivity index (χ1n) is 5.74. The van der Waals surface area contributed by atoms with Crippen LogP contribution in [0.1, 0.15) is 18.4 Å². The number of sulfonamides is 1. The number of hydrogen-bond acceptors (Lipinski definition) is 3. The van der Waals surface area contributed by atoms with Crippen LogP contribution in [0.15, 0.2) is 29.2 Å². The molecule has 3 N–H and O–H groups in total. The highest BCUT2D eigenvalue weighted by molar-refractivity contribution is 7.89. The van der Waals surface area contributed by atoms with Crippen LogP contribution >= 0.6 is 0 Å². The van der Waals surface area contributed by atoms with Crippen molar-refractivity contribution < 1.29 is 23.8 Å². The lowest BCUT2D eigenvalue weighted by Crippen LogP contribution is -2.40. The van der Waals surface area contributed by atoms with Crippen LogP contribution in [0.4, 0.5) is 0 Å². The SMILES string of the molecule is Cc1ccc(S(=O)(=O)N2CCC[C@H]2C(=O)O)cc1.O. The van der Waals surface area contributed by atoms with Gasteiger partial charge in [0, 0.05) is 6.54 Å². The maximum atomic E-state index is 12.3. The van der Waals surface area contributed by atoms with Gasteiger partial charge >= 0.3 is 5.97 Å². The second-order valence-electron chi connectivity index (χ2n) is 4.43. The number of aliphatic carboxylic acids is 1. The molecule has 1 fully saturated rings. The quantitative estimate of drug-likeness (QED) is 0.868. The van der Waals surface area contributed by atoms with Crippen LogP contribution < -0.4 is 0 Å². The molecule has 0 aliphatic carbocycles. The summed E-state index contributed by atoms with van der Waals surface area (Å²) in [4.78, 5) is 11.2. The summed E-state index contributed by atoms with van der Waals surface area (Å²) in [5.41, 5.74) is 0.963. The van der Waals surface area contributed by atoms with Crippen LogP contribution in [0.2, 0.25) is 0 Å². The summed E-state index contributed by atoms with van der Waals surface area (Å²) in [5.74, 6) is -1.08. The van der Waals surface area contributed by atoms with Crippen LogP contribution in [0.5, 0.6) is 0 Å². The first-order chi connectivity index (χ1) is 8.43. The zero-order valence-corrected chi connectivity index (χ0v) is 11.4. The molecule has 1 aromatic rings. The van der Waals surface area contributed by atoms with Crippen LogP contribution in [0.25, 0.3) is 0 Å². The molecule has 1 aliphatic heterocycles. The normalized spacial score (nSPS) is 19.9. The molecule has 0 aromatic heterocycles. The van der Waals surface area contributed by atoms with Gasteiger partial charge in [0.05, 0.1) is 4.90 Å². The lowest BCUT2D eigenvalue weighted by molar-refractivity contribution is -0.140. The number of hydrogen-bond donors (Lipinski definition) is 1. The number of aryl methyl sites for hydroxylation is 1. The molecule has 7 heteroatoms. The Kier molecular flexibility index (Phi) is 4.67. The Balaban J connectivity index is 0.00000180. The molecule has 0 spiro atoms. The van der Waals surface area contributed by atoms with Crippen molar-refractivity contribution in [2.75, 3.05) is 6.54 Å². The minimum absolute atomic E-state index is 0. The van der Waals surface area contributed by atoms with Gasteiger partial charge in [-0.05, 0) is 31.9 Å². The third-order valence-electron chi connectivity index (χ3n) is 3.12. The van der Waals surface area contributed by atoms with Crippen molar-refractivity contribution in [1.82, 2.24) is 4.31 Å². The molecule has 1 saturated heterocycles. The van der Waals surface area contributed by atoms with Crippen molar-refractivity contribution >= 4 is 16.0 Å². The lowest BCUT2D eigenvalue weighted by atomic mass is 10.2. The van der Waals surface area contributed by atoms with Crippen molar-refractivity contribution in [3.8, 4) is 0 Å². The van der Waals surface area contributed by atoms with E-state index in [-0.39, 0.29) is 16.9 Å². The Morgan fingerprint density at radius 2 is 1.89 bits per heavy atom. The van der Waals surface area contributed by atoms with Crippen molar-refractivity contribution in [3.63, 3.8) is 0 Å². The molecule has 6 nitrogen and oxygen atoms in total. The Labute approximate surface area is 112 Å². The molecule has 106 valence electrons. The highest BCUT2D eigenvalue weighted by Gasteiger charge is 2.39. The largest absolute Gasteiger partial charge is 0.480 e. The Hall–Kier alpha value is -1.44. The van der Waals surface area contributed by atoms with Gasteiger partial charge in [-0.2, -0.15) is 4.31 Å². The molecule has 0 saturated carbocycles. The minimum atomic E-state index is -3.70. The van der Waals surface area contributed by atoms with E-state index in [1.165, 1.54) is 12.1 Å². The third kappa shape index (κ3) is 2.94. The van der Waals surface area contributed by atoms with E-state index in [1.54, 1.807) is 12.1 Å². The summed E-state index contributed by atoms with van der Waals surface area (Å²) >= 11 is 0. The standard InChI is InChI=1S/C12H15NO4S.H2O/c1-9-4-6-10(7-5-9)18(16,17)13-8-2-3-11(13)12(14)15;/h4-7,11H,2-3,8H2,1H3,(H,14,15);1H2/t11-;/m0./s1. The minimum Gasteiger partial charge on any atom is -0.480 e. The van der Waals surface area contributed by atoms with Gasteiger partial charge in [-0.1, -0.05) is 17.7 Å². The summed E-state index contributed by atoms with van der Waals surface area (Å²) in [6.07, 6.45) is 0.961. The van der Waals surface area contributed by atoms with E-state index < -0.39 is 22.0 Å².